The zero-order valence-electron chi connectivity index (χ0n) is 14.4. The fraction of sp³-hybridized carbons (Fsp3) is 1.00. The van der Waals surface area contributed by atoms with Crippen molar-refractivity contribution in [2.45, 2.75) is 77.6 Å². The quantitative estimate of drug-likeness (QED) is 0.685. The molecule has 18 heavy (non-hydrogen) atoms. The minimum atomic E-state index is -1.20. The van der Waals surface area contributed by atoms with Gasteiger partial charge in [-0.05, 0) is 12.1 Å². The van der Waals surface area contributed by atoms with Crippen molar-refractivity contribution < 1.29 is 0 Å². The predicted molar refractivity (Wildman–Crippen MR) is 97.5 cm³/mol. The van der Waals surface area contributed by atoms with Crippen LogP contribution in [0.4, 0.5) is 0 Å². The highest BCUT2D eigenvalue weighted by Gasteiger charge is 2.33. The van der Waals surface area contributed by atoms with Crippen LogP contribution in [0.5, 0.6) is 0 Å². The summed E-state index contributed by atoms with van der Waals surface area (Å²) in [6, 6.07) is 2.85. The lowest BCUT2D eigenvalue weighted by atomic mass is 10.9. The van der Waals surface area contributed by atoms with Gasteiger partial charge in [0.25, 0.3) is 0 Å². The van der Waals surface area contributed by atoms with Crippen LogP contribution in [0.25, 0.3) is 0 Å². The van der Waals surface area contributed by atoms with Crippen LogP contribution in [0.2, 0.25) is 77.6 Å². The molecule has 0 aliphatic rings. The summed E-state index contributed by atoms with van der Waals surface area (Å²) in [7, 11) is -4.64. The number of rotatable bonds is 7. The van der Waals surface area contributed by atoms with Crippen LogP contribution in [0.1, 0.15) is 0 Å². The van der Waals surface area contributed by atoms with Crippen LogP contribution in [-0.4, -0.2) is 32.9 Å². The monoisotopic (exact) mass is 320 g/mol. The van der Waals surface area contributed by atoms with Crippen LogP contribution in [0.15, 0.2) is 0 Å². The second-order valence-electron chi connectivity index (χ2n) is 9.02. The lowest BCUT2D eigenvalue weighted by molar-refractivity contribution is 1.14. The first kappa shape index (κ1) is 18.8. The molecule has 0 saturated carbocycles. The Kier molecular flexibility index (Phi) is 6.31. The van der Waals surface area contributed by atoms with Gasteiger partial charge in [0.2, 0.25) is 0 Å². The van der Waals surface area contributed by atoms with Crippen LogP contribution in [0, 0.1) is 0 Å². The van der Waals surface area contributed by atoms with Gasteiger partial charge in [-0.1, -0.05) is 65.5 Å². The summed E-state index contributed by atoms with van der Waals surface area (Å²) in [5.74, 6) is 0. The molecule has 0 radical (unpaired) electrons. The molecule has 0 unspecified atom stereocenters. The van der Waals surface area contributed by atoms with E-state index in [0.29, 0.717) is 0 Å². The van der Waals surface area contributed by atoms with Crippen molar-refractivity contribution in [2.24, 2.45) is 0 Å². The smallest absolute Gasteiger partial charge is 0.112 e. The summed E-state index contributed by atoms with van der Waals surface area (Å²) in [6.45, 7) is 24.5. The van der Waals surface area contributed by atoms with Gasteiger partial charge in [0.15, 0.2) is 0 Å². The van der Waals surface area contributed by atoms with Gasteiger partial charge in [-0.15, -0.1) is 0 Å². The molecule has 0 aromatic rings. The lowest BCUT2D eigenvalue weighted by Gasteiger charge is -2.37. The van der Waals surface area contributed by atoms with Crippen LogP contribution in [0.3, 0.4) is 0 Å². The third kappa shape index (κ3) is 10.7. The predicted octanol–water partition coefficient (Wildman–Crippen LogP) is 4.25. The van der Waals surface area contributed by atoms with E-state index >= 15 is 0 Å². The summed E-state index contributed by atoms with van der Waals surface area (Å²) >= 11 is 0. The molecular weight excluding hydrogens is 284 g/mol. The molecule has 6 heteroatoms. The molecule has 0 rings (SSSR count). The highest BCUT2D eigenvalue weighted by molar-refractivity contribution is 6.93. The fourth-order valence-electron chi connectivity index (χ4n) is 2.78. The third-order valence-electron chi connectivity index (χ3n) is 2.80. The minimum Gasteiger partial charge on any atom is -0.360 e. The molecule has 0 aliphatic carbocycles. The van der Waals surface area contributed by atoms with Crippen molar-refractivity contribution in [1.29, 1.82) is 0 Å². The molecule has 0 fully saturated rings. The van der Waals surface area contributed by atoms with Crippen molar-refractivity contribution in [2.75, 3.05) is 0 Å². The second kappa shape index (κ2) is 6.05. The first-order valence-corrected chi connectivity index (χ1v) is 20.6. The largest absolute Gasteiger partial charge is 0.360 e. The topological polar surface area (TPSA) is 24.1 Å². The van der Waals surface area contributed by atoms with Gasteiger partial charge < -0.3 is 9.30 Å². The van der Waals surface area contributed by atoms with E-state index in [-0.39, 0.29) is 0 Å². The molecule has 0 aliphatic heterocycles. The Hall–Kier alpha value is 0.788. The highest BCUT2D eigenvalue weighted by atomic mass is 28.4. The molecule has 2 N–H and O–H groups in total. The molecular formula is C12H36N2Si4. The minimum absolute atomic E-state index is 1.12. The number of hydrogen-bond donors (Lipinski definition) is 2. The number of hydrogen-bond acceptors (Lipinski definition) is 2. The van der Waals surface area contributed by atoms with E-state index in [4.69, 9.17) is 0 Å². The zero-order chi connectivity index (χ0) is 14.8. The SMILES string of the molecule is C[Si](C)(C)N[Si](C)(C)CC[Si](C)(C)N[Si](C)(C)C. The Balaban J connectivity index is 4.38. The summed E-state index contributed by atoms with van der Waals surface area (Å²) in [5, 5.41) is 0. The second-order valence-corrected chi connectivity index (χ2v) is 28.6. The average molecular weight is 321 g/mol. The van der Waals surface area contributed by atoms with E-state index in [1.165, 1.54) is 12.1 Å². The van der Waals surface area contributed by atoms with Crippen molar-refractivity contribution in [3.63, 3.8) is 0 Å². The molecule has 0 aromatic heterocycles. The van der Waals surface area contributed by atoms with Gasteiger partial charge in [0.1, 0.15) is 32.9 Å². The van der Waals surface area contributed by atoms with Gasteiger partial charge in [-0.2, -0.15) is 0 Å². The van der Waals surface area contributed by atoms with Crippen LogP contribution in [-0.2, 0) is 0 Å². The molecule has 0 heterocycles. The maximum absolute atomic E-state index is 4.01. The maximum atomic E-state index is 4.01. The Morgan fingerprint density at radius 2 is 0.722 bits per heavy atom. The van der Waals surface area contributed by atoms with E-state index in [9.17, 15) is 0 Å². The van der Waals surface area contributed by atoms with E-state index in [1.54, 1.807) is 0 Å². The van der Waals surface area contributed by atoms with Gasteiger partial charge in [0.05, 0.1) is 0 Å². The lowest BCUT2D eigenvalue weighted by Crippen LogP contribution is -2.60. The van der Waals surface area contributed by atoms with E-state index in [1.807, 2.05) is 0 Å². The Morgan fingerprint density at radius 1 is 0.500 bits per heavy atom. The third-order valence-corrected chi connectivity index (χ3v) is 17.7. The molecule has 110 valence electrons. The van der Waals surface area contributed by atoms with Crippen molar-refractivity contribution >= 4 is 32.9 Å². The first-order valence-electron chi connectivity index (χ1n) is 7.21. The highest BCUT2D eigenvalue weighted by Crippen LogP contribution is 2.19. The van der Waals surface area contributed by atoms with E-state index < -0.39 is 32.9 Å². The first-order chi connectivity index (χ1) is 7.62. The normalized spacial score (nSPS) is 15.0. The molecule has 0 atom stereocenters. The summed E-state index contributed by atoms with van der Waals surface area (Å²) in [5.41, 5.74) is 0. The summed E-state index contributed by atoms with van der Waals surface area (Å²) in [6.07, 6.45) is 0. The van der Waals surface area contributed by atoms with E-state index in [2.05, 4.69) is 74.8 Å². The average Bonchev–Trinajstić information content (AvgIpc) is 1.91. The van der Waals surface area contributed by atoms with Crippen molar-refractivity contribution in [1.82, 2.24) is 9.30 Å². The van der Waals surface area contributed by atoms with Gasteiger partial charge in [-0.25, -0.2) is 0 Å². The Labute approximate surface area is 120 Å². The Bertz CT molecular complexity index is 236. The van der Waals surface area contributed by atoms with E-state index in [0.717, 1.165) is 0 Å². The molecule has 0 bridgehead atoms. The zero-order valence-corrected chi connectivity index (χ0v) is 18.4. The van der Waals surface area contributed by atoms with Crippen LogP contribution < -0.4 is 9.30 Å². The van der Waals surface area contributed by atoms with Crippen molar-refractivity contribution in [3.05, 3.63) is 0 Å². The molecule has 0 amide bonds. The van der Waals surface area contributed by atoms with Crippen molar-refractivity contribution in [3.8, 4) is 0 Å². The number of nitrogens with one attached hydrogen (secondary N) is 2. The maximum Gasteiger partial charge on any atom is 0.112 e. The molecule has 0 saturated heterocycles. The molecule has 2 nitrogen and oxygen atoms in total. The summed E-state index contributed by atoms with van der Waals surface area (Å²) in [4.78, 5) is 0. The Morgan fingerprint density at radius 3 is 0.889 bits per heavy atom. The summed E-state index contributed by atoms with van der Waals surface area (Å²) < 4.78 is 8.03. The van der Waals surface area contributed by atoms with Gasteiger partial charge in [0, 0.05) is 0 Å². The molecule has 0 spiro atoms. The molecule has 0 aromatic carbocycles. The van der Waals surface area contributed by atoms with Gasteiger partial charge in [-0.3, -0.25) is 0 Å². The standard InChI is InChI=1S/C12H36N2Si4/c1-15(2,3)13-17(7,8)11-12-18(9,10)14-16(4,5)6/h13-14H,11-12H2,1-10H3. The fourth-order valence-corrected chi connectivity index (χ4v) is 25.0. The van der Waals surface area contributed by atoms with Gasteiger partial charge >= 0.3 is 0 Å². The van der Waals surface area contributed by atoms with Crippen LogP contribution >= 0.6 is 0 Å².